The van der Waals surface area contributed by atoms with Gasteiger partial charge in [0.2, 0.25) is 0 Å². The normalized spacial score (nSPS) is 57.9. The van der Waals surface area contributed by atoms with Gasteiger partial charge in [-0.05, 0) is 105 Å². The Hall–Kier alpha value is -0.650. The average molecular weight is 592 g/mol. The van der Waals surface area contributed by atoms with Crippen LogP contribution >= 0.6 is 0 Å². The second kappa shape index (κ2) is 10.7. The highest BCUT2D eigenvalue weighted by Crippen LogP contribution is 2.66. The summed E-state index contributed by atoms with van der Waals surface area (Å²) in [6, 6.07) is 0.276. The lowest BCUT2D eigenvalue weighted by atomic mass is 9.51. The molecule has 0 radical (unpaired) electrons. The third-order valence-corrected chi connectivity index (χ3v) is 14.0. The number of carbonyl (C=O) groups is 1. The lowest BCUT2D eigenvalue weighted by molar-refractivity contribution is -0.315. The Morgan fingerprint density at radius 2 is 1.69 bits per heavy atom. The summed E-state index contributed by atoms with van der Waals surface area (Å²) in [5, 5.41) is 52.4. The van der Waals surface area contributed by atoms with E-state index in [0.29, 0.717) is 60.1 Å². The summed E-state index contributed by atoms with van der Waals surface area (Å²) in [5.41, 5.74) is -0.745. The van der Waals surface area contributed by atoms with Crippen LogP contribution in [0, 0.1) is 52.8 Å². The van der Waals surface area contributed by atoms with Crippen LogP contribution in [0.3, 0.4) is 0 Å². The fourth-order valence-electron chi connectivity index (χ4n) is 11.8. The molecule has 0 aromatic carbocycles. The number of nitrogens with zero attached hydrogens (tertiary/aromatic N) is 1. The van der Waals surface area contributed by atoms with Crippen molar-refractivity contribution in [3.8, 4) is 0 Å². The number of hydrogen-bond donors (Lipinski definition) is 5. The lowest BCUT2D eigenvalue weighted by Gasteiger charge is -2.59. The van der Waals surface area contributed by atoms with Gasteiger partial charge in [0.05, 0.1) is 18.3 Å². The molecular weight excluding hydrogens is 538 g/mol. The van der Waals surface area contributed by atoms with E-state index >= 15 is 0 Å². The summed E-state index contributed by atoms with van der Waals surface area (Å²) in [4.78, 5) is 16.5. The van der Waals surface area contributed by atoms with Gasteiger partial charge in [-0.3, -0.25) is 9.69 Å². The van der Waals surface area contributed by atoms with Crippen LogP contribution < -0.4 is 0 Å². The first kappa shape index (κ1) is 30.0. The van der Waals surface area contributed by atoms with Gasteiger partial charge in [-0.15, -0.1) is 0 Å². The van der Waals surface area contributed by atoms with Crippen LogP contribution in [0.2, 0.25) is 0 Å². The van der Waals surface area contributed by atoms with Crippen molar-refractivity contribution in [3.05, 3.63) is 0 Å². The fourth-order valence-corrected chi connectivity index (χ4v) is 11.8. The lowest BCUT2D eigenvalue weighted by Crippen LogP contribution is -2.67. The fraction of sp³-hybridized carbons (Fsp3) is 0.970. The van der Waals surface area contributed by atoms with E-state index < -0.39 is 42.9 Å². The molecule has 4 saturated carbocycles. The minimum atomic E-state index is -1.47. The van der Waals surface area contributed by atoms with Gasteiger partial charge in [-0.2, -0.15) is 0 Å². The molecule has 0 aromatic heterocycles. The maximum absolute atomic E-state index is 13.9. The summed E-state index contributed by atoms with van der Waals surface area (Å²) in [5.74, 6) is 3.79. The molecule has 0 aromatic rings. The maximum Gasteiger partial charge on any atom is 0.186 e. The molecular formula is C33H53NO8. The molecule has 9 nitrogen and oxygen atoms in total. The molecule has 3 aliphatic heterocycles. The van der Waals surface area contributed by atoms with Gasteiger partial charge in [0.15, 0.2) is 6.29 Å². The van der Waals surface area contributed by atoms with Crippen molar-refractivity contribution in [2.45, 2.75) is 127 Å². The Balaban J connectivity index is 1.07. The van der Waals surface area contributed by atoms with E-state index in [2.05, 4.69) is 25.7 Å². The van der Waals surface area contributed by atoms with Gasteiger partial charge in [0.25, 0.3) is 0 Å². The molecule has 0 bridgehead atoms. The predicted molar refractivity (Wildman–Crippen MR) is 153 cm³/mol. The minimum absolute atomic E-state index is 0.0958. The van der Waals surface area contributed by atoms with Crippen LogP contribution in [0.15, 0.2) is 0 Å². The Morgan fingerprint density at radius 1 is 0.905 bits per heavy atom. The molecule has 7 fully saturated rings. The third-order valence-electron chi connectivity index (χ3n) is 14.0. The summed E-state index contributed by atoms with van der Waals surface area (Å²) in [6.45, 7) is 8.49. The van der Waals surface area contributed by atoms with Crippen molar-refractivity contribution in [1.29, 1.82) is 0 Å². The number of aliphatic hydroxyl groups is 5. The van der Waals surface area contributed by atoms with E-state index in [-0.39, 0.29) is 23.5 Å². The summed E-state index contributed by atoms with van der Waals surface area (Å²) in [7, 11) is 0. The number of aliphatic hydroxyl groups excluding tert-OH is 4. The molecule has 238 valence electrons. The van der Waals surface area contributed by atoms with Crippen LogP contribution in [0.4, 0.5) is 0 Å². The van der Waals surface area contributed by atoms with E-state index in [0.717, 1.165) is 51.6 Å². The highest BCUT2D eigenvalue weighted by atomic mass is 16.7. The van der Waals surface area contributed by atoms with Crippen LogP contribution in [0.1, 0.15) is 78.6 Å². The van der Waals surface area contributed by atoms with E-state index in [1.807, 2.05) is 0 Å². The van der Waals surface area contributed by atoms with Crippen LogP contribution in [-0.2, 0) is 14.3 Å². The maximum atomic E-state index is 13.9. The number of ketones is 1. The van der Waals surface area contributed by atoms with Gasteiger partial charge in [0.1, 0.15) is 30.2 Å². The SMILES string of the molecule is C[C@H]1CC[C@H]2N(C1)C[C@H]1[C@@H]3C[C@@H]4[C@@H](CC(=O)[C@H]5C[C@@H](O[C@H]6O[C@@H](CO)[C@H](O)[C@@H](O)[C@@H]6O)CC[C@]54C)[C@@H]3CC[C@@H]1[C@]2(C)O. The topological polar surface area (TPSA) is 140 Å². The van der Waals surface area contributed by atoms with Crippen molar-refractivity contribution in [2.24, 2.45) is 52.8 Å². The first-order valence-corrected chi connectivity index (χ1v) is 16.9. The van der Waals surface area contributed by atoms with Crippen molar-refractivity contribution in [2.75, 3.05) is 19.7 Å². The predicted octanol–water partition coefficient (Wildman–Crippen LogP) is 1.71. The third kappa shape index (κ3) is 4.50. The molecule has 0 spiro atoms. The quantitative estimate of drug-likeness (QED) is 0.310. The minimum Gasteiger partial charge on any atom is -0.394 e. The summed E-state index contributed by atoms with van der Waals surface area (Å²) in [6.07, 6.45) is 1.67. The van der Waals surface area contributed by atoms with E-state index in [9.17, 15) is 30.3 Å². The molecule has 42 heavy (non-hydrogen) atoms. The first-order valence-electron chi connectivity index (χ1n) is 16.9. The van der Waals surface area contributed by atoms with Gasteiger partial charge >= 0.3 is 0 Å². The zero-order valence-corrected chi connectivity index (χ0v) is 25.6. The largest absolute Gasteiger partial charge is 0.394 e. The molecule has 7 rings (SSSR count). The van der Waals surface area contributed by atoms with Gasteiger partial charge in [0, 0.05) is 31.5 Å². The Labute approximate surface area is 249 Å². The zero-order chi connectivity index (χ0) is 29.7. The standard InChI is InChI=1S/C33H53NO8/c1-16-4-7-27-33(3,40)22-6-5-18-19(21(22)14-34(27)13-16)11-23-20(18)12-25(36)24-10-17(8-9-32(23,24)2)41-31-30(39)29(38)28(37)26(15-35)42-31/h16-24,26-31,35,37-40H,4-15H2,1-3H3/t16-,17-,18+,19+,20-,21-,22-,23+,24+,26-,27+,28-,29+,30-,31-,32-,33-/m0/s1. The number of piperidine rings is 2. The highest BCUT2D eigenvalue weighted by molar-refractivity contribution is 5.83. The molecule has 0 unspecified atom stereocenters. The molecule has 0 amide bonds. The van der Waals surface area contributed by atoms with Crippen LogP contribution in [0.25, 0.3) is 0 Å². The van der Waals surface area contributed by atoms with E-state index in [1.165, 1.54) is 6.42 Å². The first-order chi connectivity index (χ1) is 19.9. The second-order valence-corrected chi connectivity index (χ2v) is 16.0. The molecule has 5 N–H and O–H groups in total. The Bertz CT molecular complexity index is 1040. The number of ether oxygens (including phenoxy) is 2. The Morgan fingerprint density at radius 3 is 2.45 bits per heavy atom. The highest BCUT2D eigenvalue weighted by Gasteiger charge is 2.64. The second-order valence-electron chi connectivity index (χ2n) is 16.0. The number of carbonyl (C=O) groups excluding carboxylic acids is 1. The van der Waals surface area contributed by atoms with Crippen LogP contribution in [-0.4, -0.2) is 104 Å². The number of fused-ring (bicyclic) bond motifs is 8. The zero-order valence-electron chi connectivity index (χ0n) is 25.6. The number of hydrogen-bond acceptors (Lipinski definition) is 9. The van der Waals surface area contributed by atoms with Crippen molar-refractivity contribution < 1.29 is 39.8 Å². The van der Waals surface area contributed by atoms with Crippen molar-refractivity contribution in [3.63, 3.8) is 0 Å². The summed E-state index contributed by atoms with van der Waals surface area (Å²) < 4.78 is 11.8. The van der Waals surface area contributed by atoms with E-state index in [1.54, 1.807) is 0 Å². The molecule has 3 heterocycles. The molecule has 9 heteroatoms. The smallest absolute Gasteiger partial charge is 0.186 e. The monoisotopic (exact) mass is 591 g/mol. The van der Waals surface area contributed by atoms with Gasteiger partial charge in [-0.1, -0.05) is 13.8 Å². The Kier molecular flexibility index (Phi) is 7.66. The van der Waals surface area contributed by atoms with Gasteiger partial charge < -0.3 is 35.0 Å². The average Bonchev–Trinajstić information content (AvgIpc) is 3.33. The van der Waals surface area contributed by atoms with Crippen molar-refractivity contribution >= 4 is 5.78 Å². The summed E-state index contributed by atoms with van der Waals surface area (Å²) >= 11 is 0. The van der Waals surface area contributed by atoms with E-state index in [4.69, 9.17) is 9.47 Å². The molecule has 3 saturated heterocycles. The van der Waals surface area contributed by atoms with Crippen molar-refractivity contribution in [1.82, 2.24) is 4.90 Å². The number of rotatable bonds is 3. The molecule has 4 aliphatic carbocycles. The molecule has 17 atom stereocenters. The molecule has 7 aliphatic rings. The number of Topliss-reactive ketones (excluding diaryl/α,β-unsaturated/α-hetero) is 1. The van der Waals surface area contributed by atoms with Gasteiger partial charge in [-0.25, -0.2) is 0 Å². The van der Waals surface area contributed by atoms with Crippen LogP contribution in [0.5, 0.6) is 0 Å².